The number of hydrogen-bond donors (Lipinski definition) is 1. The van der Waals surface area contributed by atoms with E-state index >= 15 is 0 Å². The molecule has 1 amide bonds. The van der Waals surface area contributed by atoms with Crippen molar-refractivity contribution in [1.29, 1.82) is 0 Å². The van der Waals surface area contributed by atoms with Gasteiger partial charge in [0.25, 0.3) is 5.91 Å². The second-order valence-corrected chi connectivity index (χ2v) is 8.44. The topological polar surface area (TPSA) is 94.4 Å². The highest BCUT2D eigenvalue weighted by Gasteiger charge is 2.34. The SMILES string of the molecule is CCOC(=O)C1=C(O)/C(=C/c2c(OC)ccc3ccc(OC)cc23)SC1=NC(=O)c1ccccc1. The second kappa shape index (κ2) is 10.5. The highest BCUT2D eigenvalue weighted by molar-refractivity contribution is 8.18. The van der Waals surface area contributed by atoms with Crippen LogP contribution in [0.5, 0.6) is 11.5 Å². The zero-order valence-corrected chi connectivity index (χ0v) is 20.2. The standard InChI is InChI=1S/C27H23NO6S/c1-4-34-27(31)23-24(29)22(35-26(23)28-25(30)17-8-6-5-7-9-17)15-20-19-14-18(32-2)12-10-16(19)11-13-21(20)33-3/h5-15,29H,4H2,1-3H3/b22-15-,28-26?. The third kappa shape index (κ3) is 4.93. The summed E-state index contributed by atoms with van der Waals surface area (Å²) in [5.74, 6) is -0.374. The quantitative estimate of drug-likeness (QED) is 0.453. The molecule has 178 valence electrons. The minimum absolute atomic E-state index is 0.0674. The number of aliphatic hydroxyl groups excluding tert-OH is 1. The van der Waals surface area contributed by atoms with E-state index in [4.69, 9.17) is 14.2 Å². The van der Waals surface area contributed by atoms with Crippen molar-refractivity contribution in [2.75, 3.05) is 20.8 Å². The van der Waals surface area contributed by atoms with Crippen molar-refractivity contribution >= 4 is 45.5 Å². The van der Waals surface area contributed by atoms with E-state index in [1.165, 1.54) is 0 Å². The smallest absolute Gasteiger partial charge is 0.344 e. The van der Waals surface area contributed by atoms with Gasteiger partial charge in [0.2, 0.25) is 0 Å². The van der Waals surface area contributed by atoms with E-state index in [-0.39, 0.29) is 23.0 Å². The van der Waals surface area contributed by atoms with E-state index in [9.17, 15) is 14.7 Å². The number of methoxy groups -OCH3 is 2. The minimum atomic E-state index is -0.757. The molecule has 0 bridgehead atoms. The van der Waals surface area contributed by atoms with Gasteiger partial charge in [-0.1, -0.05) is 42.1 Å². The number of rotatable bonds is 6. The summed E-state index contributed by atoms with van der Waals surface area (Å²) in [6, 6.07) is 17.9. The normalized spacial score (nSPS) is 15.6. The van der Waals surface area contributed by atoms with Gasteiger partial charge in [0.05, 0.1) is 25.7 Å². The van der Waals surface area contributed by atoms with Crippen molar-refractivity contribution in [3.63, 3.8) is 0 Å². The number of hydrogen-bond acceptors (Lipinski definition) is 7. The Hall–Kier alpha value is -4.04. The fraction of sp³-hybridized carbons (Fsp3) is 0.148. The van der Waals surface area contributed by atoms with Crippen LogP contribution in [0.1, 0.15) is 22.8 Å². The third-order valence-corrected chi connectivity index (χ3v) is 6.34. The number of thioether (sulfide) groups is 1. The van der Waals surface area contributed by atoms with E-state index in [2.05, 4.69) is 4.99 Å². The number of amides is 1. The van der Waals surface area contributed by atoms with Crippen LogP contribution in [0.4, 0.5) is 0 Å². The lowest BCUT2D eigenvalue weighted by molar-refractivity contribution is -0.138. The van der Waals surface area contributed by atoms with Crippen molar-refractivity contribution in [2.45, 2.75) is 6.92 Å². The van der Waals surface area contributed by atoms with Crippen molar-refractivity contribution in [3.8, 4) is 11.5 Å². The molecule has 0 aromatic heterocycles. The predicted molar refractivity (Wildman–Crippen MR) is 137 cm³/mol. The first kappa shape index (κ1) is 24.1. The Morgan fingerprint density at radius 1 is 1.03 bits per heavy atom. The Labute approximate surface area is 206 Å². The van der Waals surface area contributed by atoms with E-state index in [1.807, 2.05) is 30.3 Å². The Balaban J connectivity index is 1.86. The van der Waals surface area contributed by atoms with E-state index in [1.54, 1.807) is 57.6 Å². The van der Waals surface area contributed by atoms with Crippen molar-refractivity contribution in [1.82, 2.24) is 0 Å². The first-order chi connectivity index (χ1) is 17.0. The lowest BCUT2D eigenvalue weighted by atomic mass is 10.0. The summed E-state index contributed by atoms with van der Waals surface area (Å²) in [4.78, 5) is 29.9. The zero-order chi connectivity index (χ0) is 24.9. The molecule has 0 saturated heterocycles. The van der Waals surface area contributed by atoms with Gasteiger partial charge in [-0.3, -0.25) is 4.79 Å². The molecule has 1 heterocycles. The summed E-state index contributed by atoms with van der Waals surface area (Å²) in [6.45, 7) is 1.77. The second-order valence-electron chi connectivity index (χ2n) is 7.41. The van der Waals surface area contributed by atoms with E-state index in [0.717, 1.165) is 22.5 Å². The van der Waals surface area contributed by atoms with Crippen LogP contribution in [0.15, 0.2) is 81.9 Å². The van der Waals surface area contributed by atoms with Crippen molar-refractivity contribution in [2.24, 2.45) is 4.99 Å². The van der Waals surface area contributed by atoms with Crippen LogP contribution in [0.25, 0.3) is 16.8 Å². The maximum Gasteiger partial charge on any atom is 0.344 e. The van der Waals surface area contributed by atoms with Gasteiger partial charge < -0.3 is 19.3 Å². The van der Waals surface area contributed by atoms with Crippen LogP contribution >= 0.6 is 11.8 Å². The molecule has 0 spiro atoms. The van der Waals surface area contributed by atoms with Crippen molar-refractivity contribution in [3.05, 3.63) is 88.0 Å². The molecule has 1 aliphatic heterocycles. The highest BCUT2D eigenvalue weighted by Crippen LogP contribution is 2.42. The Morgan fingerprint density at radius 3 is 2.46 bits per heavy atom. The van der Waals surface area contributed by atoms with Crippen LogP contribution in [0, 0.1) is 0 Å². The fourth-order valence-electron chi connectivity index (χ4n) is 3.62. The van der Waals surface area contributed by atoms with Gasteiger partial charge in [0.1, 0.15) is 27.9 Å². The number of carbonyl (C=O) groups excluding carboxylic acids is 2. The molecule has 8 heteroatoms. The number of aliphatic imine (C=N–C) groups is 1. The molecule has 0 saturated carbocycles. The monoisotopic (exact) mass is 489 g/mol. The summed E-state index contributed by atoms with van der Waals surface area (Å²) in [7, 11) is 3.13. The zero-order valence-electron chi connectivity index (χ0n) is 19.4. The Kier molecular flexibility index (Phi) is 7.22. The summed E-state index contributed by atoms with van der Waals surface area (Å²) in [5, 5.41) is 12.9. The van der Waals surface area contributed by atoms with Gasteiger partial charge in [0.15, 0.2) is 0 Å². The molecular weight excluding hydrogens is 466 g/mol. The predicted octanol–water partition coefficient (Wildman–Crippen LogP) is 5.56. The third-order valence-electron chi connectivity index (χ3n) is 5.32. The average Bonchev–Trinajstić information content (AvgIpc) is 3.18. The first-order valence-electron chi connectivity index (χ1n) is 10.8. The van der Waals surface area contributed by atoms with Gasteiger partial charge in [0, 0.05) is 11.1 Å². The van der Waals surface area contributed by atoms with Gasteiger partial charge in [-0.15, -0.1) is 0 Å². The highest BCUT2D eigenvalue weighted by atomic mass is 32.2. The summed E-state index contributed by atoms with van der Waals surface area (Å²) in [5.41, 5.74) is 0.893. The number of carbonyl (C=O) groups is 2. The van der Waals surface area contributed by atoms with Crippen LogP contribution < -0.4 is 9.47 Å². The molecule has 3 aromatic rings. The Bertz CT molecular complexity index is 1390. The number of benzene rings is 3. The Morgan fingerprint density at radius 2 is 1.77 bits per heavy atom. The minimum Gasteiger partial charge on any atom is -0.506 e. The van der Waals surface area contributed by atoms with Crippen molar-refractivity contribution < 1.29 is 28.9 Å². The lowest BCUT2D eigenvalue weighted by Gasteiger charge is -2.11. The number of fused-ring (bicyclic) bond motifs is 1. The molecule has 1 aliphatic rings. The lowest BCUT2D eigenvalue weighted by Crippen LogP contribution is -2.14. The number of ether oxygens (including phenoxy) is 3. The maximum atomic E-state index is 12.7. The average molecular weight is 490 g/mol. The fourth-order valence-corrected chi connectivity index (χ4v) is 4.61. The molecule has 7 nitrogen and oxygen atoms in total. The van der Waals surface area contributed by atoms with E-state index in [0.29, 0.717) is 27.5 Å². The van der Waals surface area contributed by atoms with Crippen LogP contribution in [0.2, 0.25) is 0 Å². The molecule has 1 N–H and O–H groups in total. The molecule has 3 aromatic carbocycles. The first-order valence-corrected chi connectivity index (χ1v) is 11.6. The van der Waals surface area contributed by atoms with Gasteiger partial charge in [-0.25, -0.2) is 9.79 Å². The molecule has 0 unspecified atom stereocenters. The largest absolute Gasteiger partial charge is 0.506 e. The number of nitrogens with zero attached hydrogens (tertiary/aromatic N) is 1. The molecule has 0 fully saturated rings. The van der Waals surface area contributed by atoms with Gasteiger partial charge in [-0.05, 0) is 54.1 Å². The maximum absolute atomic E-state index is 12.7. The number of aliphatic hydroxyl groups is 1. The van der Waals surface area contributed by atoms with Gasteiger partial charge in [-0.2, -0.15) is 0 Å². The molecular formula is C27H23NO6S. The summed E-state index contributed by atoms with van der Waals surface area (Å²) in [6.07, 6.45) is 1.70. The molecule has 0 aliphatic carbocycles. The van der Waals surface area contributed by atoms with Gasteiger partial charge >= 0.3 is 5.97 Å². The number of esters is 1. The molecule has 35 heavy (non-hydrogen) atoms. The van der Waals surface area contributed by atoms with Crippen LogP contribution in [-0.4, -0.2) is 42.9 Å². The molecule has 0 atom stereocenters. The van der Waals surface area contributed by atoms with E-state index < -0.39 is 11.9 Å². The van der Waals surface area contributed by atoms with Crippen LogP contribution in [0.3, 0.4) is 0 Å². The van der Waals surface area contributed by atoms with Crippen LogP contribution in [-0.2, 0) is 9.53 Å². The summed E-state index contributed by atoms with van der Waals surface area (Å²) < 4.78 is 16.1. The molecule has 4 rings (SSSR count). The molecule has 0 radical (unpaired) electrons. The summed E-state index contributed by atoms with van der Waals surface area (Å²) >= 11 is 1.02.